The zero-order valence-electron chi connectivity index (χ0n) is 54.7. The van der Waals surface area contributed by atoms with E-state index in [1.54, 1.807) is 12.1 Å². The molecule has 0 saturated carbocycles. The Morgan fingerprint density at radius 3 is 1.26 bits per heavy atom. The molecule has 2 fully saturated rings. The lowest BCUT2D eigenvalue weighted by atomic mass is 10.1. The van der Waals surface area contributed by atoms with Gasteiger partial charge in [0.15, 0.2) is 16.7 Å². The number of piperidine rings is 2. The lowest BCUT2D eigenvalue weighted by Crippen LogP contribution is -2.30. The minimum Gasteiger partial charge on any atom is -0.372 e. The maximum atomic E-state index is 13.7. The van der Waals surface area contributed by atoms with Crippen LogP contribution >= 0.6 is 34.4 Å². The Balaban J connectivity index is 1.07. The highest BCUT2D eigenvalue weighted by Gasteiger charge is 2.26. The molecule has 2 aliphatic heterocycles. The fourth-order valence-electron chi connectivity index (χ4n) is 10.5. The van der Waals surface area contributed by atoms with E-state index in [1.165, 1.54) is 50.3 Å². The largest absolute Gasteiger partial charge is 0.372 e. The SMILES string of the molecule is CCN(CC)c1ccc(/N=N/c2nc(N3CCCCC3)c(/C=C(/C(C)=O)C(=O)Nc3ccc(S(=O)(=O)O)cc3)s2)c(Nc2nc(Nc3cc(N(CC)CC)ccc3/N=N/c3nc(N4CCCCC4)c(/C=C(\C(C)=O)C(=O)Nc4ccc(S(=O)(=O)O)cc4)s3)nc(SCCS(=O)(=O)O)n2)c1. The quantitative estimate of drug-likeness (QED) is 0.00549. The Kier molecular flexibility index (Phi) is 24.9. The van der Waals surface area contributed by atoms with Crippen molar-refractivity contribution in [2.24, 2.45) is 20.5 Å². The first-order valence-electron chi connectivity index (χ1n) is 31.4. The van der Waals surface area contributed by atoms with Crippen LogP contribution < -0.4 is 40.9 Å². The second-order valence-electron chi connectivity index (χ2n) is 22.4. The van der Waals surface area contributed by atoms with Crippen molar-refractivity contribution in [3.8, 4) is 0 Å². The molecule has 4 aromatic carbocycles. The molecule has 2 aliphatic rings. The van der Waals surface area contributed by atoms with Crippen molar-refractivity contribution in [1.82, 2.24) is 24.9 Å². The maximum Gasteiger partial charge on any atom is 0.294 e. The third kappa shape index (κ3) is 20.3. The molecule has 9 rings (SSSR count). The first kappa shape index (κ1) is 74.2. The van der Waals surface area contributed by atoms with Crippen LogP contribution in [0.25, 0.3) is 12.2 Å². The van der Waals surface area contributed by atoms with Gasteiger partial charge < -0.3 is 40.9 Å². The molecule has 36 heteroatoms. The third-order valence-electron chi connectivity index (χ3n) is 15.6. The third-order valence-corrected chi connectivity index (χ3v) is 20.9. The summed E-state index contributed by atoms with van der Waals surface area (Å²) < 4.78 is 99.3. The number of hydrogen-bond donors (Lipinski definition) is 7. The van der Waals surface area contributed by atoms with Gasteiger partial charge >= 0.3 is 0 Å². The lowest BCUT2D eigenvalue weighted by Gasteiger charge is -2.27. The highest BCUT2D eigenvalue weighted by atomic mass is 32.2. The number of aromatic nitrogens is 5. The molecule has 0 bridgehead atoms. The van der Waals surface area contributed by atoms with Crippen LogP contribution in [0.15, 0.2) is 131 Å². The van der Waals surface area contributed by atoms with E-state index >= 15 is 0 Å². The number of benzene rings is 4. The number of ketones is 2. The molecular weight excluding hydrogens is 1400 g/mol. The Hall–Kier alpha value is -9.01. The van der Waals surface area contributed by atoms with Crippen molar-refractivity contribution in [2.45, 2.75) is 95.0 Å². The number of nitrogens with one attached hydrogen (secondary N) is 4. The number of azo groups is 2. The first-order valence-corrected chi connectivity index (χ1v) is 38.5. The number of thiazole rings is 2. The van der Waals surface area contributed by atoms with E-state index in [-0.39, 0.29) is 65.4 Å². The van der Waals surface area contributed by atoms with E-state index in [1.807, 2.05) is 52.0 Å². The Labute approximate surface area is 584 Å². The number of nitrogens with zero attached hydrogens (tertiary/aromatic N) is 13. The van der Waals surface area contributed by atoms with E-state index in [2.05, 4.69) is 51.1 Å². The summed E-state index contributed by atoms with van der Waals surface area (Å²) in [7, 11) is -13.4. The summed E-state index contributed by atoms with van der Waals surface area (Å²) in [6, 6.07) is 20.5. The van der Waals surface area contributed by atoms with E-state index in [0.29, 0.717) is 96.5 Å². The Morgan fingerprint density at radius 1 is 0.535 bits per heavy atom. The normalized spacial score (nSPS) is 14.2. The van der Waals surface area contributed by atoms with Crippen LogP contribution in [0, 0.1) is 0 Å². The number of carbonyl (C=O) groups is 4. The van der Waals surface area contributed by atoms with E-state index in [9.17, 15) is 58.1 Å². The molecular formula is C63H73N17O13S6. The first-order chi connectivity index (χ1) is 47.2. The van der Waals surface area contributed by atoms with Crippen LogP contribution in [0.4, 0.5) is 79.3 Å². The Bertz CT molecular complexity index is 4340. The summed E-state index contributed by atoms with van der Waals surface area (Å²) >= 11 is 3.12. The number of amides is 2. The molecule has 0 aliphatic carbocycles. The predicted octanol–water partition coefficient (Wildman–Crippen LogP) is 12.5. The van der Waals surface area contributed by atoms with Gasteiger partial charge in [0.1, 0.15) is 23.0 Å². The number of rotatable bonds is 30. The van der Waals surface area contributed by atoms with Crippen LogP contribution in [0.2, 0.25) is 0 Å². The number of carbonyl (C=O) groups excluding carboxylic acids is 4. The monoisotopic (exact) mass is 1470 g/mol. The standard InChI is InChI=1S/C63H73N17O13S6/c1-7-77(8-2)43-21-27-49(73-75-62-68-55(79-29-13-11-14-30-79)53(95-62)37-47(39(5)81)57(83)64-41-17-23-45(24-18-41)98(88,89)90)51(35-43)66-59-70-60(72-61(71-59)94-33-34-97(85,86)87)67-52-36-44(78(9-3)10-4)22-28-50(52)74-76-63-69-56(80-31-15-12-16-32-80)54(96-63)38-48(40(6)82)58(84)65-42-19-25-46(26-20-42)99(91,92)93/h17-28,35-38H,7-16,29-34H2,1-6H3,(H,64,83)(H,65,84)(H,85,86,87)(H,88,89,90)(H,91,92,93)(H2,66,67,70,71,72)/b47-37-,48-38+,75-73+,76-74+. The predicted molar refractivity (Wildman–Crippen MR) is 385 cm³/mol. The maximum absolute atomic E-state index is 13.7. The van der Waals surface area contributed by atoms with Crippen LogP contribution in [-0.4, -0.2) is 151 Å². The second kappa shape index (κ2) is 33.2. The zero-order valence-corrected chi connectivity index (χ0v) is 59.6. The van der Waals surface area contributed by atoms with Gasteiger partial charge in [-0.15, -0.1) is 20.5 Å². The molecule has 524 valence electrons. The van der Waals surface area contributed by atoms with Gasteiger partial charge in [-0.05, 0) is 177 Å². The molecule has 99 heavy (non-hydrogen) atoms. The average molecular weight is 1470 g/mol. The molecule has 3 aromatic heterocycles. The van der Waals surface area contributed by atoms with Gasteiger partial charge in [-0.1, -0.05) is 34.4 Å². The summed E-state index contributed by atoms with van der Waals surface area (Å²) in [4.78, 5) is 86.3. The molecule has 7 N–H and O–H groups in total. The van der Waals surface area contributed by atoms with Crippen molar-refractivity contribution in [3.63, 3.8) is 0 Å². The molecule has 2 saturated heterocycles. The van der Waals surface area contributed by atoms with Crippen molar-refractivity contribution in [1.29, 1.82) is 0 Å². The van der Waals surface area contributed by atoms with Crippen molar-refractivity contribution in [2.75, 3.05) is 105 Å². The molecule has 5 heterocycles. The number of thioether (sulfide) groups is 1. The molecule has 0 radical (unpaired) electrons. The molecule has 0 unspecified atom stereocenters. The molecule has 2 amide bonds. The van der Waals surface area contributed by atoms with Crippen molar-refractivity contribution < 1.29 is 58.1 Å². The second-order valence-corrected chi connectivity index (χ2v) is 29.9. The highest BCUT2D eigenvalue weighted by Crippen LogP contribution is 2.41. The molecule has 30 nitrogen and oxygen atoms in total. The summed E-state index contributed by atoms with van der Waals surface area (Å²) in [6.07, 6.45) is 8.34. The van der Waals surface area contributed by atoms with E-state index in [4.69, 9.17) is 35.1 Å². The molecule has 7 aromatic rings. The number of anilines is 10. The van der Waals surface area contributed by atoms with Gasteiger partial charge in [-0.2, -0.15) is 50.2 Å². The van der Waals surface area contributed by atoms with Crippen LogP contribution in [0.5, 0.6) is 0 Å². The van der Waals surface area contributed by atoms with Crippen molar-refractivity contribution >= 4 is 180 Å². The number of Topliss-reactive ketones (excluding diaryl/α,β-unsaturated/α-hetero) is 2. The van der Waals surface area contributed by atoms with Gasteiger partial charge in [0.05, 0.1) is 47.8 Å². The van der Waals surface area contributed by atoms with Gasteiger partial charge in [0, 0.05) is 80.9 Å². The van der Waals surface area contributed by atoms with Gasteiger partial charge in [0.25, 0.3) is 42.2 Å². The average Bonchev–Trinajstić information content (AvgIpc) is 1.77. The topological polar surface area (TPSA) is 406 Å². The summed E-state index contributed by atoms with van der Waals surface area (Å²) in [6.45, 7) is 15.6. The molecule has 0 spiro atoms. The lowest BCUT2D eigenvalue weighted by molar-refractivity contribution is -0.120. The minimum absolute atomic E-state index is 0.0289. The van der Waals surface area contributed by atoms with E-state index in [0.717, 1.165) is 109 Å². The smallest absolute Gasteiger partial charge is 0.294 e. The van der Waals surface area contributed by atoms with Crippen molar-refractivity contribution in [3.05, 3.63) is 106 Å². The van der Waals surface area contributed by atoms with Gasteiger partial charge in [-0.25, -0.2) is 0 Å². The van der Waals surface area contributed by atoms with Crippen LogP contribution in [0.1, 0.15) is 89.8 Å². The highest BCUT2D eigenvalue weighted by molar-refractivity contribution is 8.00. The Morgan fingerprint density at radius 2 is 0.919 bits per heavy atom. The van der Waals surface area contributed by atoms with Gasteiger partial charge in [-0.3, -0.25) is 32.8 Å². The summed E-state index contributed by atoms with van der Waals surface area (Å²) in [5.74, 6) is -2.54. The number of hydrogen-bond acceptors (Lipinski definition) is 28. The minimum atomic E-state index is -4.50. The van der Waals surface area contributed by atoms with Crippen LogP contribution in [0.3, 0.4) is 0 Å². The van der Waals surface area contributed by atoms with Crippen LogP contribution in [-0.2, 0) is 49.5 Å². The zero-order chi connectivity index (χ0) is 71.2. The van der Waals surface area contributed by atoms with E-state index < -0.39 is 59.5 Å². The summed E-state index contributed by atoms with van der Waals surface area (Å²) in [5, 5.41) is 30.9. The van der Waals surface area contributed by atoms with Gasteiger partial charge in [0.2, 0.25) is 22.2 Å². The fourth-order valence-corrected chi connectivity index (χ4v) is 14.8. The summed E-state index contributed by atoms with van der Waals surface area (Å²) in [5.41, 5.74) is 2.80. The molecule has 0 atom stereocenters. The fraction of sp³-hybridized carbons (Fsp3) is 0.349.